The first-order valence-electron chi connectivity index (χ1n) is 8.23. The van der Waals surface area contributed by atoms with Gasteiger partial charge in [-0.3, -0.25) is 9.78 Å². The van der Waals surface area contributed by atoms with Gasteiger partial charge in [-0.25, -0.2) is 14.4 Å². The number of aromatic nitrogens is 3. The van der Waals surface area contributed by atoms with Gasteiger partial charge in [0, 0.05) is 31.9 Å². The fourth-order valence-corrected chi connectivity index (χ4v) is 3.75. The van der Waals surface area contributed by atoms with Crippen molar-refractivity contribution >= 4 is 33.4 Å². The van der Waals surface area contributed by atoms with Crippen LogP contribution < -0.4 is 11.1 Å². The predicted octanol–water partition coefficient (Wildman–Crippen LogP) is 2.01. The summed E-state index contributed by atoms with van der Waals surface area (Å²) in [6.45, 7) is 1.48. The Kier molecular flexibility index (Phi) is 4.48. The highest BCUT2D eigenvalue weighted by Crippen LogP contribution is 2.25. The maximum Gasteiger partial charge on any atom is 0.274 e. The molecule has 9 heteroatoms. The molecule has 0 aliphatic carbocycles. The molecule has 1 atom stereocenters. The minimum Gasteiger partial charge on any atom is -0.350 e. The van der Waals surface area contributed by atoms with Crippen LogP contribution in [0.15, 0.2) is 29.9 Å². The summed E-state index contributed by atoms with van der Waals surface area (Å²) < 4.78 is 14.0. The van der Waals surface area contributed by atoms with Crippen LogP contribution in [0.2, 0.25) is 0 Å². The Morgan fingerprint density at radius 1 is 1.42 bits per heavy atom. The van der Waals surface area contributed by atoms with Crippen LogP contribution in [0.5, 0.6) is 0 Å². The lowest BCUT2D eigenvalue weighted by molar-refractivity contribution is 0.0787. The third kappa shape index (κ3) is 3.35. The van der Waals surface area contributed by atoms with Gasteiger partial charge in [-0.05, 0) is 29.5 Å². The molecule has 0 unspecified atom stereocenters. The van der Waals surface area contributed by atoms with E-state index in [1.54, 1.807) is 11.1 Å². The van der Waals surface area contributed by atoms with Crippen molar-refractivity contribution in [3.63, 3.8) is 0 Å². The number of carbonyl (C=O) groups excluding carboxylic acids is 1. The van der Waals surface area contributed by atoms with Gasteiger partial charge in [0.15, 0.2) is 5.69 Å². The highest BCUT2D eigenvalue weighted by molar-refractivity contribution is 7.17. The van der Waals surface area contributed by atoms with Crippen molar-refractivity contribution in [3.05, 3.63) is 47.0 Å². The molecule has 1 fully saturated rings. The molecule has 1 aliphatic rings. The van der Waals surface area contributed by atoms with Crippen LogP contribution >= 0.6 is 11.3 Å². The highest BCUT2D eigenvalue weighted by atomic mass is 32.1. The molecule has 7 nitrogen and oxygen atoms in total. The normalized spacial score (nSPS) is 17.0. The number of hydrogen-bond donors (Lipinski definition) is 2. The van der Waals surface area contributed by atoms with E-state index in [9.17, 15) is 9.18 Å². The third-order valence-electron chi connectivity index (χ3n) is 4.23. The first kappa shape index (κ1) is 16.8. The lowest BCUT2D eigenvalue weighted by Gasteiger charge is -2.16. The standard InChI is InChI=1S/C17H17FN6OS/c18-11-5-10(6-20-8-11)7-21-17-22-13-2-4-26-15(13)14(23-17)16(25)24-3-1-12(19)9-24/h2,4-6,8,12H,1,3,7,9,19H2,(H,21,22,23)/t12-/m1/s1. The molecular formula is C17H17FN6OS. The van der Waals surface area contributed by atoms with Crippen molar-refractivity contribution < 1.29 is 9.18 Å². The second-order valence-electron chi connectivity index (χ2n) is 6.20. The van der Waals surface area contributed by atoms with E-state index in [-0.39, 0.29) is 11.9 Å². The SMILES string of the molecule is N[C@@H]1CCN(C(=O)c2nc(NCc3cncc(F)c3)nc3ccsc23)C1. The molecule has 3 N–H and O–H groups in total. The fraction of sp³-hybridized carbons (Fsp3) is 0.294. The largest absolute Gasteiger partial charge is 0.350 e. The van der Waals surface area contributed by atoms with Crippen LogP contribution in [-0.2, 0) is 6.54 Å². The van der Waals surface area contributed by atoms with Crippen LogP contribution in [0, 0.1) is 5.82 Å². The minimum absolute atomic E-state index is 0.0117. The smallest absolute Gasteiger partial charge is 0.274 e. The van der Waals surface area contributed by atoms with Gasteiger partial charge in [-0.1, -0.05) is 0 Å². The number of nitrogens with one attached hydrogen (secondary N) is 1. The number of anilines is 1. The van der Waals surface area contributed by atoms with Crippen molar-refractivity contribution in [1.29, 1.82) is 0 Å². The lowest BCUT2D eigenvalue weighted by Crippen LogP contribution is -2.32. The number of thiophene rings is 1. The zero-order valence-electron chi connectivity index (χ0n) is 13.9. The summed E-state index contributed by atoms with van der Waals surface area (Å²) in [4.78, 5) is 27.3. The highest BCUT2D eigenvalue weighted by Gasteiger charge is 2.27. The average Bonchev–Trinajstić information content (AvgIpc) is 3.27. The molecular weight excluding hydrogens is 355 g/mol. The van der Waals surface area contributed by atoms with E-state index in [1.807, 2.05) is 11.4 Å². The molecule has 0 radical (unpaired) electrons. The Morgan fingerprint density at radius 2 is 2.31 bits per heavy atom. The number of pyridine rings is 1. The Labute approximate surface area is 153 Å². The molecule has 4 heterocycles. The Morgan fingerprint density at radius 3 is 3.08 bits per heavy atom. The zero-order valence-corrected chi connectivity index (χ0v) is 14.7. The molecule has 0 spiro atoms. The minimum atomic E-state index is -0.403. The summed E-state index contributed by atoms with van der Waals surface area (Å²) in [5, 5.41) is 4.93. The summed E-state index contributed by atoms with van der Waals surface area (Å²) in [5.74, 6) is -0.213. The van der Waals surface area contributed by atoms with Gasteiger partial charge in [0.2, 0.25) is 5.95 Å². The summed E-state index contributed by atoms with van der Waals surface area (Å²) >= 11 is 1.44. The number of nitrogens with zero attached hydrogens (tertiary/aromatic N) is 4. The monoisotopic (exact) mass is 372 g/mol. The third-order valence-corrected chi connectivity index (χ3v) is 5.14. The molecule has 0 saturated carbocycles. The fourth-order valence-electron chi connectivity index (χ4n) is 2.94. The van der Waals surface area contributed by atoms with E-state index in [0.29, 0.717) is 42.4 Å². The Hall–Kier alpha value is -2.65. The Balaban J connectivity index is 1.61. The number of amides is 1. The molecule has 134 valence electrons. The molecule has 3 aromatic rings. The number of carbonyl (C=O) groups is 1. The van der Waals surface area contributed by atoms with Crippen molar-refractivity contribution in [1.82, 2.24) is 19.9 Å². The van der Waals surface area contributed by atoms with Gasteiger partial charge in [0.1, 0.15) is 5.82 Å². The summed E-state index contributed by atoms with van der Waals surface area (Å²) in [6, 6.07) is 3.25. The molecule has 26 heavy (non-hydrogen) atoms. The molecule has 4 rings (SSSR count). The predicted molar refractivity (Wildman–Crippen MR) is 97.4 cm³/mol. The molecule has 0 aromatic carbocycles. The van der Waals surface area contributed by atoms with Gasteiger partial charge in [0.25, 0.3) is 5.91 Å². The van der Waals surface area contributed by atoms with Crippen molar-refractivity contribution in [2.45, 2.75) is 19.0 Å². The number of hydrogen-bond acceptors (Lipinski definition) is 7. The van der Waals surface area contributed by atoms with Gasteiger partial charge in [-0.15, -0.1) is 11.3 Å². The number of rotatable bonds is 4. The van der Waals surface area contributed by atoms with Gasteiger partial charge < -0.3 is 16.0 Å². The number of halogens is 1. The van der Waals surface area contributed by atoms with Crippen LogP contribution in [0.4, 0.5) is 10.3 Å². The molecule has 1 aliphatic heterocycles. The molecule has 3 aromatic heterocycles. The summed E-state index contributed by atoms with van der Waals surface area (Å²) in [7, 11) is 0. The van der Waals surface area contributed by atoms with E-state index in [0.717, 1.165) is 17.3 Å². The molecule has 0 bridgehead atoms. The maximum absolute atomic E-state index is 13.3. The van der Waals surface area contributed by atoms with Crippen LogP contribution in [0.25, 0.3) is 10.2 Å². The first-order valence-corrected chi connectivity index (χ1v) is 9.11. The van der Waals surface area contributed by atoms with Gasteiger partial charge in [-0.2, -0.15) is 0 Å². The van der Waals surface area contributed by atoms with Crippen LogP contribution in [0.3, 0.4) is 0 Å². The number of fused-ring (bicyclic) bond motifs is 1. The van der Waals surface area contributed by atoms with E-state index in [4.69, 9.17) is 5.73 Å². The molecule has 1 amide bonds. The number of nitrogens with two attached hydrogens (primary N) is 1. The maximum atomic E-state index is 13.3. The zero-order chi connectivity index (χ0) is 18.1. The summed E-state index contributed by atoms with van der Waals surface area (Å²) in [6.07, 6.45) is 3.51. The van der Waals surface area contributed by atoms with Crippen LogP contribution in [0.1, 0.15) is 22.5 Å². The van der Waals surface area contributed by atoms with E-state index < -0.39 is 5.82 Å². The summed E-state index contributed by atoms with van der Waals surface area (Å²) in [5.41, 5.74) is 7.66. The lowest BCUT2D eigenvalue weighted by atomic mass is 10.3. The van der Waals surface area contributed by atoms with E-state index >= 15 is 0 Å². The van der Waals surface area contributed by atoms with Crippen LogP contribution in [-0.4, -0.2) is 44.9 Å². The van der Waals surface area contributed by atoms with Gasteiger partial charge >= 0.3 is 0 Å². The first-order chi connectivity index (χ1) is 12.6. The van der Waals surface area contributed by atoms with Crippen molar-refractivity contribution in [3.8, 4) is 0 Å². The quantitative estimate of drug-likeness (QED) is 0.727. The molecule has 1 saturated heterocycles. The van der Waals surface area contributed by atoms with Gasteiger partial charge in [0.05, 0.1) is 16.4 Å². The second-order valence-corrected chi connectivity index (χ2v) is 7.11. The average molecular weight is 372 g/mol. The Bertz CT molecular complexity index is 961. The number of likely N-dealkylation sites (tertiary alicyclic amines) is 1. The van der Waals surface area contributed by atoms with E-state index in [2.05, 4.69) is 20.3 Å². The topological polar surface area (TPSA) is 97.0 Å². The van der Waals surface area contributed by atoms with Crippen molar-refractivity contribution in [2.24, 2.45) is 5.73 Å². The van der Waals surface area contributed by atoms with E-state index in [1.165, 1.54) is 17.4 Å². The van der Waals surface area contributed by atoms with Crippen molar-refractivity contribution in [2.75, 3.05) is 18.4 Å². The second kappa shape index (κ2) is 6.93.